The molecule has 2 aromatic carbocycles. The molecule has 0 fully saturated rings. The molecule has 0 saturated heterocycles. The molecule has 128 valence electrons. The first-order chi connectivity index (χ1) is 11.5. The maximum absolute atomic E-state index is 12.0. The number of urea groups is 1. The molecule has 0 unspecified atom stereocenters. The molecule has 0 aliphatic carbocycles. The van der Waals surface area contributed by atoms with Crippen molar-refractivity contribution < 1.29 is 14.3 Å². The van der Waals surface area contributed by atoms with E-state index < -0.39 is 0 Å². The van der Waals surface area contributed by atoms with Gasteiger partial charge in [-0.15, -0.1) is 0 Å². The van der Waals surface area contributed by atoms with Gasteiger partial charge in [0, 0.05) is 23.3 Å². The number of anilines is 1. The van der Waals surface area contributed by atoms with E-state index in [1.54, 1.807) is 20.3 Å². The summed E-state index contributed by atoms with van der Waals surface area (Å²) in [6, 6.07) is 10.9. The van der Waals surface area contributed by atoms with Gasteiger partial charge >= 0.3 is 6.03 Å². The summed E-state index contributed by atoms with van der Waals surface area (Å²) in [6.07, 6.45) is 0.732. The molecular weight excluding hydrogens is 328 g/mol. The van der Waals surface area contributed by atoms with E-state index in [1.807, 2.05) is 37.3 Å². The van der Waals surface area contributed by atoms with Gasteiger partial charge in [0.1, 0.15) is 0 Å². The van der Waals surface area contributed by atoms with Crippen LogP contribution in [0, 0.1) is 6.92 Å². The van der Waals surface area contributed by atoms with Crippen LogP contribution >= 0.6 is 11.6 Å². The van der Waals surface area contributed by atoms with Crippen molar-refractivity contribution in [2.75, 3.05) is 26.1 Å². The van der Waals surface area contributed by atoms with E-state index in [9.17, 15) is 4.79 Å². The lowest BCUT2D eigenvalue weighted by Gasteiger charge is -2.14. The maximum atomic E-state index is 12.0. The SMILES string of the molecule is COc1cc(C)c(NC(=O)NCCc2ccc(Cl)cc2)cc1OC. The number of hydrogen-bond donors (Lipinski definition) is 2. The van der Waals surface area contributed by atoms with E-state index in [0.717, 1.165) is 17.5 Å². The standard InChI is InChI=1S/C18H21ClN2O3/c1-12-10-16(23-2)17(24-3)11-15(12)21-18(22)20-9-8-13-4-6-14(19)7-5-13/h4-7,10-11H,8-9H2,1-3H3,(H2,20,21,22). The molecule has 0 aromatic heterocycles. The number of amides is 2. The monoisotopic (exact) mass is 348 g/mol. The van der Waals surface area contributed by atoms with Gasteiger partial charge in [-0.2, -0.15) is 0 Å². The van der Waals surface area contributed by atoms with E-state index in [1.165, 1.54) is 0 Å². The number of hydrogen-bond acceptors (Lipinski definition) is 3. The Morgan fingerprint density at radius 1 is 1.08 bits per heavy atom. The van der Waals surface area contributed by atoms with Gasteiger partial charge in [-0.25, -0.2) is 4.79 Å². The van der Waals surface area contributed by atoms with E-state index in [4.69, 9.17) is 21.1 Å². The highest BCUT2D eigenvalue weighted by atomic mass is 35.5. The van der Waals surface area contributed by atoms with Crippen LogP contribution in [0.25, 0.3) is 0 Å². The lowest BCUT2D eigenvalue weighted by Crippen LogP contribution is -2.30. The minimum atomic E-state index is -0.265. The van der Waals surface area contributed by atoms with Crippen LogP contribution < -0.4 is 20.1 Å². The quantitative estimate of drug-likeness (QED) is 0.828. The summed E-state index contributed by atoms with van der Waals surface area (Å²) in [4.78, 5) is 12.0. The summed E-state index contributed by atoms with van der Waals surface area (Å²) >= 11 is 5.85. The number of halogens is 1. The minimum Gasteiger partial charge on any atom is -0.493 e. The van der Waals surface area contributed by atoms with Gasteiger partial charge < -0.3 is 20.1 Å². The summed E-state index contributed by atoms with van der Waals surface area (Å²) in [5.74, 6) is 1.20. The van der Waals surface area contributed by atoms with Crippen LogP contribution in [0.15, 0.2) is 36.4 Å². The molecule has 24 heavy (non-hydrogen) atoms. The Bertz CT molecular complexity index is 702. The highest BCUT2D eigenvalue weighted by molar-refractivity contribution is 6.30. The number of benzene rings is 2. The molecule has 2 aromatic rings. The smallest absolute Gasteiger partial charge is 0.319 e. The Hall–Kier alpha value is -2.40. The fourth-order valence-corrected chi connectivity index (χ4v) is 2.38. The second kappa shape index (κ2) is 8.45. The van der Waals surface area contributed by atoms with Gasteiger partial charge in [0.05, 0.1) is 14.2 Å². The zero-order valence-electron chi connectivity index (χ0n) is 14.0. The Morgan fingerprint density at radius 2 is 1.71 bits per heavy atom. The summed E-state index contributed by atoms with van der Waals surface area (Å²) < 4.78 is 10.5. The van der Waals surface area contributed by atoms with Crippen molar-refractivity contribution in [3.63, 3.8) is 0 Å². The number of ether oxygens (including phenoxy) is 2. The molecule has 0 aliphatic rings. The summed E-state index contributed by atoms with van der Waals surface area (Å²) in [7, 11) is 3.14. The average Bonchev–Trinajstić information content (AvgIpc) is 2.58. The van der Waals surface area contributed by atoms with Crippen molar-refractivity contribution in [1.29, 1.82) is 0 Å². The largest absolute Gasteiger partial charge is 0.493 e. The molecule has 0 aliphatic heterocycles. The molecule has 0 radical (unpaired) electrons. The van der Waals surface area contributed by atoms with Crippen molar-refractivity contribution in [3.8, 4) is 11.5 Å². The molecule has 5 nitrogen and oxygen atoms in total. The maximum Gasteiger partial charge on any atom is 0.319 e. The van der Waals surface area contributed by atoms with Crippen molar-refractivity contribution >= 4 is 23.3 Å². The molecule has 0 heterocycles. The molecule has 2 N–H and O–H groups in total. The first kappa shape index (κ1) is 17.9. The lowest BCUT2D eigenvalue weighted by molar-refractivity contribution is 0.252. The van der Waals surface area contributed by atoms with Crippen molar-refractivity contribution in [3.05, 3.63) is 52.5 Å². The van der Waals surface area contributed by atoms with Gasteiger partial charge in [-0.05, 0) is 42.7 Å². The van der Waals surface area contributed by atoms with Crippen molar-refractivity contribution in [1.82, 2.24) is 5.32 Å². The molecular formula is C18H21ClN2O3. The fourth-order valence-electron chi connectivity index (χ4n) is 2.25. The van der Waals surface area contributed by atoms with Gasteiger partial charge in [0.2, 0.25) is 0 Å². The molecule has 0 atom stereocenters. The van der Waals surface area contributed by atoms with E-state index in [0.29, 0.717) is 28.8 Å². The van der Waals surface area contributed by atoms with Crippen LogP contribution in [0.3, 0.4) is 0 Å². The number of methoxy groups -OCH3 is 2. The third kappa shape index (κ3) is 4.80. The zero-order chi connectivity index (χ0) is 17.5. The highest BCUT2D eigenvalue weighted by Crippen LogP contribution is 2.32. The topological polar surface area (TPSA) is 59.6 Å². The Morgan fingerprint density at radius 3 is 2.33 bits per heavy atom. The lowest BCUT2D eigenvalue weighted by atomic mass is 10.1. The number of rotatable bonds is 6. The Balaban J connectivity index is 1.91. The molecule has 0 bridgehead atoms. The second-order valence-corrected chi connectivity index (χ2v) is 5.72. The van der Waals surface area contributed by atoms with Gasteiger partial charge in [-0.3, -0.25) is 0 Å². The predicted octanol–water partition coefficient (Wildman–Crippen LogP) is 4.03. The van der Waals surface area contributed by atoms with Crippen molar-refractivity contribution in [2.45, 2.75) is 13.3 Å². The van der Waals surface area contributed by atoms with Crippen LogP contribution in [0.4, 0.5) is 10.5 Å². The third-order valence-electron chi connectivity index (χ3n) is 3.59. The van der Waals surface area contributed by atoms with E-state index in [-0.39, 0.29) is 6.03 Å². The Kier molecular flexibility index (Phi) is 6.32. The summed E-state index contributed by atoms with van der Waals surface area (Å²) in [6.45, 7) is 2.42. The van der Waals surface area contributed by atoms with Crippen LogP contribution in [-0.2, 0) is 6.42 Å². The fraction of sp³-hybridized carbons (Fsp3) is 0.278. The average molecular weight is 349 g/mol. The first-order valence-corrected chi connectivity index (χ1v) is 7.93. The van der Waals surface area contributed by atoms with Crippen LogP contribution in [0.1, 0.15) is 11.1 Å². The van der Waals surface area contributed by atoms with Crippen molar-refractivity contribution in [2.24, 2.45) is 0 Å². The van der Waals surface area contributed by atoms with Gasteiger partial charge in [-0.1, -0.05) is 23.7 Å². The predicted molar refractivity (Wildman–Crippen MR) is 96.5 cm³/mol. The molecule has 2 amide bonds. The zero-order valence-corrected chi connectivity index (χ0v) is 14.7. The number of carbonyl (C=O) groups is 1. The molecule has 0 saturated carbocycles. The summed E-state index contributed by atoms with van der Waals surface area (Å²) in [5, 5.41) is 6.36. The molecule has 2 rings (SSSR count). The second-order valence-electron chi connectivity index (χ2n) is 5.28. The van der Waals surface area contributed by atoms with Crippen LogP contribution in [0.5, 0.6) is 11.5 Å². The van der Waals surface area contributed by atoms with E-state index >= 15 is 0 Å². The molecule has 6 heteroatoms. The van der Waals surface area contributed by atoms with E-state index in [2.05, 4.69) is 10.6 Å². The van der Waals surface area contributed by atoms with Crippen LogP contribution in [0.2, 0.25) is 5.02 Å². The third-order valence-corrected chi connectivity index (χ3v) is 3.84. The molecule has 0 spiro atoms. The van der Waals surface area contributed by atoms with Crippen LogP contribution in [-0.4, -0.2) is 26.8 Å². The minimum absolute atomic E-state index is 0.265. The normalized spacial score (nSPS) is 10.2. The Labute approximate surface area is 146 Å². The highest BCUT2D eigenvalue weighted by Gasteiger charge is 2.10. The number of nitrogens with one attached hydrogen (secondary N) is 2. The number of aryl methyl sites for hydroxylation is 1. The summed E-state index contributed by atoms with van der Waals surface area (Å²) in [5.41, 5.74) is 2.68. The van der Waals surface area contributed by atoms with Gasteiger partial charge in [0.15, 0.2) is 11.5 Å². The first-order valence-electron chi connectivity index (χ1n) is 7.55. The van der Waals surface area contributed by atoms with Gasteiger partial charge in [0.25, 0.3) is 0 Å². The number of carbonyl (C=O) groups excluding carboxylic acids is 1.